The highest BCUT2D eigenvalue weighted by atomic mass is 19.1. The maximum absolute atomic E-state index is 13.2. The van der Waals surface area contributed by atoms with E-state index in [1.807, 2.05) is 12.1 Å². The zero-order valence-electron chi connectivity index (χ0n) is 13.5. The van der Waals surface area contributed by atoms with Crippen LogP contribution in [0.5, 0.6) is 0 Å². The molecule has 0 unspecified atom stereocenters. The van der Waals surface area contributed by atoms with E-state index in [0.29, 0.717) is 25.2 Å². The van der Waals surface area contributed by atoms with Crippen LogP contribution in [0.4, 0.5) is 10.2 Å². The fraction of sp³-hybridized carbons (Fsp3) is 0.333. The Morgan fingerprint density at radius 1 is 1.38 bits per heavy atom. The van der Waals surface area contributed by atoms with Crippen molar-refractivity contribution in [1.82, 2.24) is 10.3 Å². The number of amides is 1. The number of halogens is 1. The van der Waals surface area contributed by atoms with Crippen LogP contribution in [0.25, 0.3) is 0 Å². The number of anilines is 1. The maximum Gasteiger partial charge on any atom is 0.242 e. The fourth-order valence-electron chi connectivity index (χ4n) is 2.78. The summed E-state index contributed by atoms with van der Waals surface area (Å²) in [4.78, 5) is 16.4. The van der Waals surface area contributed by atoms with Crippen molar-refractivity contribution in [2.45, 2.75) is 25.0 Å². The Balaban J connectivity index is 1.57. The molecule has 5 nitrogen and oxygen atoms in total. The van der Waals surface area contributed by atoms with E-state index < -0.39 is 0 Å². The molecule has 1 aliphatic rings. The van der Waals surface area contributed by atoms with Gasteiger partial charge < -0.3 is 15.4 Å². The number of methoxy groups -OCH3 is 1. The van der Waals surface area contributed by atoms with Crippen LogP contribution in [0.3, 0.4) is 0 Å². The second kappa shape index (κ2) is 7.51. The molecule has 24 heavy (non-hydrogen) atoms. The minimum atomic E-state index is -0.260. The number of hydrogen-bond acceptors (Lipinski definition) is 4. The van der Waals surface area contributed by atoms with Gasteiger partial charge in [-0.25, -0.2) is 9.37 Å². The van der Waals surface area contributed by atoms with Gasteiger partial charge in [-0.1, -0.05) is 18.2 Å². The summed E-state index contributed by atoms with van der Waals surface area (Å²) in [6.45, 7) is 0.675. The molecule has 2 atom stereocenters. The van der Waals surface area contributed by atoms with Gasteiger partial charge >= 0.3 is 0 Å². The lowest BCUT2D eigenvalue weighted by atomic mass is 10.1. The minimum Gasteiger partial charge on any atom is -0.380 e. The van der Waals surface area contributed by atoms with E-state index in [1.54, 1.807) is 25.4 Å². The van der Waals surface area contributed by atoms with Crippen LogP contribution in [0.15, 0.2) is 42.6 Å². The summed E-state index contributed by atoms with van der Waals surface area (Å²) >= 11 is 0. The standard InChI is InChI=1S/C18H20FN3O2/c1-24-15-9-16(20-11-15)18(23)22-17-6-5-13(10-21-17)7-12-3-2-4-14(19)8-12/h2-6,8,10,15-16,20H,7,9,11H2,1H3,(H,21,22,23)/t15-,16-/m0/s1. The number of pyridine rings is 1. The van der Waals surface area contributed by atoms with Crippen molar-refractivity contribution in [3.8, 4) is 0 Å². The molecule has 0 bridgehead atoms. The average molecular weight is 329 g/mol. The lowest BCUT2D eigenvalue weighted by Crippen LogP contribution is -2.35. The third kappa shape index (κ3) is 4.15. The molecule has 1 saturated heterocycles. The van der Waals surface area contributed by atoms with Crippen molar-refractivity contribution < 1.29 is 13.9 Å². The number of carbonyl (C=O) groups is 1. The number of nitrogens with zero attached hydrogens (tertiary/aromatic N) is 1. The third-order valence-electron chi connectivity index (χ3n) is 4.11. The SMILES string of the molecule is CO[C@@H]1CN[C@H](C(=O)Nc2ccc(Cc3cccc(F)c3)cn2)C1. The predicted octanol–water partition coefficient (Wildman–Crippen LogP) is 2.13. The number of nitrogens with one attached hydrogen (secondary N) is 2. The summed E-state index contributed by atoms with van der Waals surface area (Å²) in [6.07, 6.45) is 3.02. The molecule has 2 aromatic rings. The second-order valence-corrected chi connectivity index (χ2v) is 5.90. The molecule has 1 fully saturated rings. The Bertz CT molecular complexity index is 706. The number of hydrogen-bond donors (Lipinski definition) is 2. The lowest BCUT2D eigenvalue weighted by molar-refractivity contribution is -0.118. The highest BCUT2D eigenvalue weighted by Gasteiger charge is 2.29. The van der Waals surface area contributed by atoms with Crippen LogP contribution >= 0.6 is 0 Å². The zero-order chi connectivity index (χ0) is 16.9. The number of aromatic nitrogens is 1. The van der Waals surface area contributed by atoms with Gasteiger partial charge in [0.1, 0.15) is 11.6 Å². The van der Waals surface area contributed by atoms with E-state index in [4.69, 9.17) is 4.74 Å². The van der Waals surface area contributed by atoms with Crippen molar-refractivity contribution in [3.05, 3.63) is 59.5 Å². The minimum absolute atomic E-state index is 0.0716. The van der Waals surface area contributed by atoms with E-state index in [2.05, 4.69) is 15.6 Å². The molecule has 0 radical (unpaired) electrons. The summed E-state index contributed by atoms with van der Waals surface area (Å²) in [7, 11) is 1.64. The van der Waals surface area contributed by atoms with E-state index in [9.17, 15) is 9.18 Å². The first-order valence-electron chi connectivity index (χ1n) is 7.90. The van der Waals surface area contributed by atoms with E-state index in [1.165, 1.54) is 12.1 Å². The summed E-state index contributed by atoms with van der Waals surface area (Å²) in [5.74, 6) is 0.147. The first-order chi connectivity index (χ1) is 11.6. The number of benzene rings is 1. The van der Waals surface area contributed by atoms with Crippen molar-refractivity contribution in [2.24, 2.45) is 0 Å². The number of ether oxygens (including phenoxy) is 1. The Labute approximate surface area is 140 Å². The molecule has 3 rings (SSSR count). The van der Waals surface area contributed by atoms with Crippen molar-refractivity contribution in [3.63, 3.8) is 0 Å². The van der Waals surface area contributed by atoms with E-state index in [-0.39, 0.29) is 23.9 Å². The van der Waals surface area contributed by atoms with Gasteiger partial charge in [-0.15, -0.1) is 0 Å². The van der Waals surface area contributed by atoms with Crippen LogP contribution in [0.2, 0.25) is 0 Å². The Hall–Kier alpha value is -2.31. The monoisotopic (exact) mass is 329 g/mol. The predicted molar refractivity (Wildman–Crippen MR) is 89.3 cm³/mol. The quantitative estimate of drug-likeness (QED) is 0.882. The zero-order valence-corrected chi connectivity index (χ0v) is 13.5. The van der Waals surface area contributed by atoms with E-state index in [0.717, 1.165) is 11.1 Å². The highest BCUT2D eigenvalue weighted by molar-refractivity contribution is 5.94. The Kier molecular flexibility index (Phi) is 5.17. The van der Waals surface area contributed by atoms with Crippen molar-refractivity contribution in [2.75, 3.05) is 19.0 Å². The first kappa shape index (κ1) is 16.5. The highest BCUT2D eigenvalue weighted by Crippen LogP contribution is 2.14. The molecule has 0 aliphatic carbocycles. The molecular formula is C18H20FN3O2. The summed E-state index contributed by atoms with van der Waals surface area (Å²) in [6, 6.07) is 9.87. The van der Waals surface area contributed by atoms with Crippen molar-refractivity contribution in [1.29, 1.82) is 0 Å². The van der Waals surface area contributed by atoms with Gasteiger partial charge in [0.2, 0.25) is 5.91 Å². The fourth-order valence-corrected chi connectivity index (χ4v) is 2.78. The first-order valence-corrected chi connectivity index (χ1v) is 7.90. The van der Waals surface area contributed by atoms with Gasteiger partial charge in [0.25, 0.3) is 0 Å². The number of carbonyl (C=O) groups excluding carboxylic acids is 1. The molecule has 1 aliphatic heterocycles. The van der Waals surface area contributed by atoms with Gasteiger partial charge in [0.15, 0.2) is 0 Å². The Morgan fingerprint density at radius 2 is 2.25 bits per heavy atom. The van der Waals surface area contributed by atoms with Crippen LogP contribution in [-0.2, 0) is 16.0 Å². The molecule has 6 heteroatoms. The van der Waals surface area contributed by atoms with Gasteiger partial charge in [0.05, 0.1) is 12.1 Å². The van der Waals surface area contributed by atoms with E-state index >= 15 is 0 Å². The smallest absolute Gasteiger partial charge is 0.242 e. The molecule has 2 heterocycles. The van der Waals surface area contributed by atoms with Crippen molar-refractivity contribution >= 4 is 11.7 Å². The molecule has 2 N–H and O–H groups in total. The third-order valence-corrected chi connectivity index (χ3v) is 4.11. The molecule has 0 saturated carbocycles. The summed E-state index contributed by atoms with van der Waals surface area (Å²) < 4.78 is 18.4. The Morgan fingerprint density at radius 3 is 2.92 bits per heavy atom. The summed E-state index contributed by atoms with van der Waals surface area (Å²) in [5.41, 5.74) is 1.84. The molecule has 1 amide bonds. The average Bonchev–Trinajstić information content (AvgIpc) is 3.06. The maximum atomic E-state index is 13.2. The molecule has 1 aromatic heterocycles. The van der Waals surface area contributed by atoms with Gasteiger partial charge in [0, 0.05) is 19.9 Å². The van der Waals surface area contributed by atoms with Gasteiger partial charge in [-0.3, -0.25) is 4.79 Å². The normalized spacial score (nSPS) is 20.1. The number of rotatable bonds is 5. The van der Waals surface area contributed by atoms with Crippen LogP contribution in [-0.4, -0.2) is 36.7 Å². The topological polar surface area (TPSA) is 63.2 Å². The summed E-state index contributed by atoms with van der Waals surface area (Å²) in [5, 5.41) is 5.93. The molecular weight excluding hydrogens is 309 g/mol. The molecule has 1 aromatic carbocycles. The van der Waals surface area contributed by atoms with Crippen LogP contribution in [0.1, 0.15) is 17.5 Å². The van der Waals surface area contributed by atoms with Gasteiger partial charge in [-0.05, 0) is 42.2 Å². The van der Waals surface area contributed by atoms with Crippen LogP contribution < -0.4 is 10.6 Å². The van der Waals surface area contributed by atoms with Crippen LogP contribution in [0, 0.1) is 5.82 Å². The molecule has 126 valence electrons. The largest absolute Gasteiger partial charge is 0.380 e. The van der Waals surface area contributed by atoms with Gasteiger partial charge in [-0.2, -0.15) is 0 Å². The second-order valence-electron chi connectivity index (χ2n) is 5.90. The lowest BCUT2D eigenvalue weighted by Gasteiger charge is -2.11. The molecule has 0 spiro atoms.